The molecule has 0 aromatic heterocycles. The molecule has 6 heteroatoms. The molecule has 1 heterocycles. The number of hydrogen-bond donors (Lipinski definition) is 1. The second-order valence-electron chi connectivity index (χ2n) is 5.64. The van der Waals surface area contributed by atoms with Gasteiger partial charge in [-0.3, -0.25) is 0 Å². The molecule has 0 aliphatic carbocycles. The molecule has 0 unspecified atom stereocenters. The van der Waals surface area contributed by atoms with E-state index in [2.05, 4.69) is 17.3 Å². The van der Waals surface area contributed by atoms with Gasteiger partial charge in [0.05, 0.1) is 13.7 Å². The van der Waals surface area contributed by atoms with Gasteiger partial charge in [-0.2, -0.15) is 0 Å². The summed E-state index contributed by atoms with van der Waals surface area (Å²) in [7, 11) is 3.74. The van der Waals surface area contributed by atoms with E-state index >= 15 is 0 Å². The molecule has 1 saturated heterocycles. The van der Waals surface area contributed by atoms with Crippen LogP contribution in [0.3, 0.4) is 0 Å². The number of piperidine rings is 1. The van der Waals surface area contributed by atoms with Crippen molar-refractivity contribution in [3.8, 4) is 11.5 Å². The van der Waals surface area contributed by atoms with Crippen molar-refractivity contribution in [1.82, 2.24) is 10.2 Å². The Morgan fingerprint density at radius 1 is 1.04 bits per heavy atom. The van der Waals surface area contributed by atoms with Gasteiger partial charge in [0.25, 0.3) is 0 Å². The van der Waals surface area contributed by atoms with E-state index in [-0.39, 0.29) is 24.8 Å². The van der Waals surface area contributed by atoms with Gasteiger partial charge in [0.1, 0.15) is 11.5 Å². The predicted molar refractivity (Wildman–Crippen MR) is 101 cm³/mol. The molecule has 1 N–H and O–H groups in total. The van der Waals surface area contributed by atoms with Crippen LogP contribution in [0.25, 0.3) is 0 Å². The number of methoxy groups -OCH3 is 1. The van der Waals surface area contributed by atoms with Crippen molar-refractivity contribution in [1.29, 1.82) is 0 Å². The van der Waals surface area contributed by atoms with Gasteiger partial charge in [0, 0.05) is 6.04 Å². The number of benzene rings is 1. The summed E-state index contributed by atoms with van der Waals surface area (Å²) in [6, 6.07) is 8.50. The zero-order chi connectivity index (χ0) is 14.9. The molecule has 134 valence electrons. The Morgan fingerprint density at radius 3 is 2.22 bits per heavy atom. The summed E-state index contributed by atoms with van der Waals surface area (Å²) in [5, 5.41) is 3.37. The molecular formula is C17H30Cl2N2O2. The highest BCUT2D eigenvalue weighted by atomic mass is 35.5. The first-order valence-corrected chi connectivity index (χ1v) is 7.98. The number of hydrogen-bond acceptors (Lipinski definition) is 4. The van der Waals surface area contributed by atoms with Crippen LogP contribution in [0.2, 0.25) is 0 Å². The summed E-state index contributed by atoms with van der Waals surface area (Å²) < 4.78 is 10.9. The van der Waals surface area contributed by atoms with Crippen LogP contribution >= 0.6 is 24.8 Å². The molecule has 2 rings (SSSR count). The van der Waals surface area contributed by atoms with Gasteiger partial charge in [-0.25, -0.2) is 0 Å². The zero-order valence-electron chi connectivity index (χ0n) is 14.1. The third-order valence-electron chi connectivity index (χ3n) is 4.19. The summed E-state index contributed by atoms with van der Waals surface area (Å²) in [6.45, 7) is 4.44. The Morgan fingerprint density at radius 2 is 1.65 bits per heavy atom. The maximum Gasteiger partial charge on any atom is 0.119 e. The first-order chi connectivity index (χ1) is 10.3. The van der Waals surface area contributed by atoms with E-state index in [1.165, 1.54) is 38.9 Å². The zero-order valence-corrected chi connectivity index (χ0v) is 15.8. The summed E-state index contributed by atoms with van der Waals surface area (Å²) in [5.74, 6) is 1.79. The minimum atomic E-state index is 0. The minimum absolute atomic E-state index is 0. The number of ether oxygens (including phenoxy) is 2. The van der Waals surface area contributed by atoms with Crippen molar-refractivity contribution in [3.63, 3.8) is 0 Å². The maximum absolute atomic E-state index is 5.75. The van der Waals surface area contributed by atoms with Crippen molar-refractivity contribution in [2.24, 2.45) is 0 Å². The van der Waals surface area contributed by atoms with Crippen LogP contribution in [0.15, 0.2) is 24.3 Å². The van der Waals surface area contributed by atoms with Gasteiger partial charge in [-0.15, -0.1) is 24.8 Å². The van der Waals surface area contributed by atoms with Crippen LogP contribution in [0, 0.1) is 0 Å². The quantitative estimate of drug-likeness (QED) is 0.716. The molecule has 23 heavy (non-hydrogen) atoms. The van der Waals surface area contributed by atoms with Crippen molar-refractivity contribution < 1.29 is 9.47 Å². The molecule has 0 amide bonds. The lowest BCUT2D eigenvalue weighted by atomic mass is 10.1. The van der Waals surface area contributed by atoms with Crippen LogP contribution < -0.4 is 14.8 Å². The largest absolute Gasteiger partial charge is 0.497 e. The average Bonchev–Trinajstić information content (AvgIpc) is 2.55. The topological polar surface area (TPSA) is 33.7 Å². The second kappa shape index (κ2) is 12.7. The fourth-order valence-corrected chi connectivity index (χ4v) is 2.74. The molecule has 0 spiro atoms. The second-order valence-corrected chi connectivity index (χ2v) is 5.64. The van der Waals surface area contributed by atoms with Crippen molar-refractivity contribution in [2.45, 2.75) is 31.7 Å². The summed E-state index contributed by atoms with van der Waals surface area (Å²) in [5.41, 5.74) is 0. The van der Waals surface area contributed by atoms with Gasteiger partial charge in [-0.1, -0.05) is 0 Å². The molecule has 4 nitrogen and oxygen atoms in total. The highest BCUT2D eigenvalue weighted by Crippen LogP contribution is 2.17. The van der Waals surface area contributed by atoms with Gasteiger partial charge in [0.2, 0.25) is 0 Å². The van der Waals surface area contributed by atoms with E-state index in [0.717, 1.165) is 30.6 Å². The molecule has 1 aromatic carbocycles. The van der Waals surface area contributed by atoms with Crippen LogP contribution in [0.4, 0.5) is 0 Å². The first-order valence-electron chi connectivity index (χ1n) is 7.98. The predicted octanol–water partition coefficient (Wildman–Crippen LogP) is 3.38. The smallest absolute Gasteiger partial charge is 0.119 e. The standard InChI is InChI=1S/C17H28N2O2.2ClH/c1-18-15-9-12-19(13-10-15)11-3-4-14-21-17-7-5-16(20-2)6-8-17;;/h5-8,15,18H,3-4,9-14H2,1-2H3;2*1H. The fraction of sp³-hybridized carbons (Fsp3) is 0.647. The molecule has 0 saturated carbocycles. The van der Waals surface area contributed by atoms with Crippen LogP contribution in [-0.2, 0) is 0 Å². The lowest BCUT2D eigenvalue weighted by Crippen LogP contribution is -2.41. The number of rotatable bonds is 8. The van der Waals surface area contributed by atoms with E-state index in [1.807, 2.05) is 24.3 Å². The molecule has 0 radical (unpaired) electrons. The molecular weight excluding hydrogens is 335 g/mol. The Bertz CT molecular complexity index is 396. The minimum Gasteiger partial charge on any atom is -0.497 e. The molecule has 1 aromatic rings. The summed E-state index contributed by atoms with van der Waals surface area (Å²) >= 11 is 0. The normalized spacial score (nSPS) is 15.4. The number of likely N-dealkylation sites (tertiary alicyclic amines) is 1. The SMILES string of the molecule is CNC1CCN(CCCCOc2ccc(OC)cc2)CC1.Cl.Cl. The van der Waals surface area contributed by atoms with Gasteiger partial charge in [-0.05, 0) is 76.6 Å². The lowest BCUT2D eigenvalue weighted by Gasteiger charge is -2.31. The van der Waals surface area contributed by atoms with E-state index in [1.54, 1.807) is 7.11 Å². The van der Waals surface area contributed by atoms with E-state index in [9.17, 15) is 0 Å². The number of halogens is 2. The number of unbranched alkanes of at least 4 members (excludes halogenated alkanes) is 1. The number of nitrogens with zero attached hydrogens (tertiary/aromatic N) is 1. The number of nitrogens with one attached hydrogen (secondary N) is 1. The molecule has 1 aliphatic rings. The maximum atomic E-state index is 5.75. The third kappa shape index (κ3) is 8.11. The highest BCUT2D eigenvalue weighted by Gasteiger charge is 2.16. The van der Waals surface area contributed by atoms with Crippen molar-refractivity contribution in [3.05, 3.63) is 24.3 Å². The average molecular weight is 365 g/mol. The van der Waals surface area contributed by atoms with E-state index < -0.39 is 0 Å². The summed E-state index contributed by atoms with van der Waals surface area (Å²) in [6.07, 6.45) is 4.87. The lowest BCUT2D eigenvalue weighted by molar-refractivity contribution is 0.193. The molecule has 0 atom stereocenters. The third-order valence-corrected chi connectivity index (χ3v) is 4.19. The first kappa shape index (κ1) is 22.3. The van der Waals surface area contributed by atoms with E-state index in [4.69, 9.17) is 9.47 Å². The van der Waals surface area contributed by atoms with Gasteiger partial charge < -0.3 is 19.7 Å². The van der Waals surface area contributed by atoms with Crippen LogP contribution in [-0.4, -0.2) is 51.3 Å². The molecule has 1 aliphatic heterocycles. The van der Waals surface area contributed by atoms with Crippen molar-refractivity contribution in [2.75, 3.05) is 40.4 Å². The molecule has 1 fully saturated rings. The Balaban J connectivity index is 0.00000242. The van der Waals surface area contributed by atoms with Crippen LogP contribution in [0.1, 0.15) is 25.7 Å². The Hall–Kier alpha value is -0.680. The van der Waals surface area contributed by atoms with E-state index in [0.29, 0.717) is 0 Å². The Labute approximate surface area is 152 Å². The van der Waals surface area contributed by atoms with Gasteiger partial charge >= 0.3 is 0 Å². The van der Waals surface area contributed by atoms with Gasteiger partial charge in [0.15, 0.2) is 0 Å². The van der Waals surface area contributed by atoms with Crippen LogP contribution in [0.5, 0.6) is 11.5 Å². The van der Waals surface area contributed by atoms with Crippen molar-refractivity contribution >= 4 is 24.8 Å². The molecule has 0 bridgehead atoms. The fourth-order valence-electron chi connectivity index (χ4n) is 2.74. The highest BCUT2D eigenvalue weighted by molar-refractivity contribution is 5.85. The monoisotopic (exact) mass is 364 g/mol. The Kier molecular flexibility index (Phi) is 12.3. The summed E-state index contributed by atoms with van der Waals surface area (Å²) in [4.78, 5) is 2.57.